The maximum absolute atomic E-state index is 5.28. The number of nitrogens with one attached hydrogen (secondary N) is 1. The second kappa shape index (κ2) is 3.04. The van der Waals surface area contributed by atoms with Crippen molar-refractivity contribution in [1.82, 2.24) is 9.97 Å². The minimum atomic E-state index is 0.551. The molecule has 0 saturated heterocycles. The van der Waals surface area contributed by atoms with Crippen molar-refractivity contribution in [2.45, 2.75) is 13.0 Å². The molecule has 5 nitrogen and oxygen atoms in total. The fourth-order valence-electron chi connectivity index (χ4n) is 1.28. The van der Waals surface area contributed by atoms with E-state index >= 15 is 0 Å². The average molecular weight is 166 g/mol. The van der Waals surface area contributed by atoms with Crippen LogP contribution in [0.3, 0.4) is 0 Å². The lowest BCUT2D eigenvalue weighted by molar-refractivity contribution is 0.109. The lowest BCUT2D eigenvalue weighted by Gasteiger charge is -2.16. The Bertz CT molecular complexity index is 274. The highest BCUT2D eigenvalue weighted by atomic mass is 16.5. The van der Waals surface area contributed by atoms with E-state index in [-0.39, 0.29) is 0 Å². The standard InChI is InChI=1S/C7H10N4O/c8-11-7-5-3-12-2-1-6(5)9-4-10-7/h4H,1-3,8H2,(H,9,10,11). The molecule has 2 heterocycles. The Hall–Kier alpha value is -1.20. The Morgan fingerprint density at radius 1 is 1.50 bits per heavy atom. The molecule has 0 saturated carbocycles. The molecule has 0 spiro atoms. The van der Waals surface area contributed by atoms with Gasteiger partial charge in [-0.3, -0.25) is 0 Å². The van der Waals surface area contributed by atoms with Crippen LogP contribution in [0.4, 0.5) is 5.82 Å². The largest absolute Gasteiger partial charge is 0.376 e. The highest BCUT2D eigenvalue weighted by Gasteiger charge is 2.14. The van der Waals surface area contributed by atoms with Gasteiger partial charge in [-0.15, -0.1) is 0 Å². The first-order valence-corrected chi connectivity index (χ1v) is 3.79. The molecule has 5 heteroatoms. The second-order valence-electron chi connectivity index (χ2n) is 2.59. The van der Waals surface area contributed by atoms with Crippen LogP contribution in [-0.4, -0.2) is 16.6 Å². The SMILES string of the molecule is NNc1ncnc2c1COCC2. The van der Waals surface area contributed by atoms with Gasteiger partial charge in [-0.1, -0.05) is 0 Å². The summed E-state index contributed by atoms with van der Waals surface area (Å²) in [5.74, 6) is 5.94. The summed E-state index contributed by atoms with van der Waals surface area (Å²) in [6.07, 6.45) is 2.35. The minimum absolute atomic E-state index is 0.551. The van der Waals surface area contributed by atoms with Crippen LogP contribution < -0.4 is 11.3 Å². The number of nitrogens with two attached hydrogens (primary N) is 1. The van der Waals surface area contributed by atoms with E-state index in [4.69, 9.17) is 10.6 Å². The number of hydrogen-bond donors (Lipinski definition) is 2. The Morgan fingerprint density at radius 2 is 2.42 bits per heavy atom. The fraction of sp³-hybridized carbons (Fsp3) is 0.429. The van der Waals surface area contributed by atoms with Crippen molar-refractivity contribution >= 4 is 5.82 Å². The Balaban J connectivity index is 2.44. The van der Waals surface area contributed by atoms with Gasteiger partial charge in [-0.2, -0.15) is 0 Å². The number of ether oxygens (including phenoxy) is 1. The summed E-state index contributed by atoms with van der Waals surface area (Å²) < 4.78 is 5.26. The van der Waals surface area contributed by atoms with Crippen LogP contribution in [0.1, 0.15) is 11.3 Å². The van der Waals surface area contributed by atoms with Gasteiger partial charge in [-0.25, -0.2) is 15.8 Å². The van der Waals surface area contributed by atoms with Gasteiger partial charge in [0.15, 0.2) is 0 Å². The number of hydrazine groups is 1. The van der Waals surface area contributed by atoms with Crippen LogP contribution in [0, 0.1) is 0 Å². The highest BCUT2D eigenvalue weighted by Crippen LogP contribution is 2.19. The maximum Gasteiger partial charge on any atom is 0.149 e. The number of nitrogen functional groups attached to an aromatic ring is 1. The van der Waals surface area contributed by atoms with E-state index in [9.17, 15) is 0 Å². The van der Waals surface area contributed by atoms with E-state index in [2.05, 4.69) is 15.4 Å². The third kappa shape index (κ3) is 1.13. The van der Waals surface area contributed by atoms with Gasteiger partial charge in [-0.05, 0) is 0 Å². The van der Waals surface area contributed by atoms with Gasteiger partial charge in [0.05, 0.1) is 18.9 Å². The predicted molar refractivity (Wildman–Crippen MR) is 43.2 cm³/mol. The summed E-state index contributed by atoms with van der Waals surface area (Å²) in [6, 6.07) is 0. The zero-order valence-electron chi connectivity index (χ0n) is 6.58. The zero-order valence-corrected chi connectivity index (χ0v) is 6.58. The van der Waals surface area contributed by atoms with Gasteiger partial charge in [0.2, 0.25) is 0 Å². The lowest BCUT2D eigenvalue weighted by atomic mass is 10.1. The summed E-state index contributed by atoms with van der Waals surface area (Å²) in [7, 11) is 0. The monoisotopic (exact) mass is 166 g/mol. The van der Waals surface area contributed by atoms with Crippen molar-refractivity contribution < 1.29 is 4.74 Å². The van der Waals surface area contributed by atoms with Crippen LogP contribution >= 0.6 is 0 Å². The molecule has 0 unspecified atom stereocenters. The highest BCUT2D eigenvalue weighted by molar-refractivity contribution is 5.44. The molecule has 64 valence electrons. The molecule has 2 rings (SSSR count). The Kier molecular flexibility index (Phi) is 1.89. The molecular weight excluding hydrogens is 156 g/mol. The third-order valence-corrected chi connectivity index (χ3v) is 1.90. The van der Waals surface area contributed by atoms with Crippen LogP contribution in [-0.2, 0) is 17.8 Å². The van der Waals surface area contributed by atoms with Crippen molar-refractivity contribution in [2.75, 3.05) is 12.0 Å². The molecule has 0 aromatic carbocycles. The van der Waals surface area contributed by atoms with E-state index in [1.807, 2.05) is 0 Å². The molecule has 1 aromatic heterocycles. The molecule has 0 aliphatic carbocycles. The van der Waals surface area contributed by atoms with Gasteiger partial charge in [0, 0.05) is 12.0 Å². The van der Waals surface area contributed by atoms with Crippen molar-refractivity contribution in [2.24, 2.45) is 5.84 Å². The molecule has 0 amide bonds. The van der Waals surface area contributed by atoms with E-state index < -0.39 is 0 Å². The molecule has 1 aliphatic heterocycles. The van der Waals surface area contributed by atoms with Crippen LogP contribution in [0.15, 0.2) is 6.33 Å². The van der Waals surface area contributed by atoms with Gasteiger partial charge in [0.1, 0.15) is 12.1 Å². The molecule has 3 N–H and O–H groups in total. The summed E-state index contributed by atoms with van der Waals surface area (Å²) in [6.45, 7) is 1.28. The average Bonchev–Trinajstić information content (AvgIpc) is 2.17. The number of anilines is 1. The summed E-state index contributed by atoms with van der Waals surface area (Å²) in [5.41, 5.74) is 4.53. The second-order valence-corrected chi connectivity index (χ2v) is 2.59. The maximum atomic E-state index is 5.28. The van der Waals surface area contributed by atoms with E-state index in [0.29, 0.717) is 12.4 Å². The smallest absolute Gasteiger partial charge is 0.149 e. The third-order valence-electron chi connectivity index (χ3n) is 1.90. The molecule has 1 aliphatic rings. The quantitative estimate of drug-likeness (QED) is 0.448. The van der Waals surface area contributed by atoms with Crippen LogP contribution in [0.5, 0.6) is 0 Å². The minimum Gasteiger partial charge on any atom is -0.376 e. The topological polar surface area (TPSA) is 73.1 Å². The Morgan fingerprint density at radius 3 is 3.25 bits per heavy atom. The van der Waals surface area contributed by atoms with Crippen molar-refractivity contribution in [3.8, 4) is 0 Å². The first-order chi connectivity index (χ1) is 5.92. The molecule has 0 fully saturated rings. The Labute approximate surface area is 69.9 Å². The van der Waals surface area contributed by atoms with Gasteiger partial charge < -0.3 is 10.2 Å². The molecule has 1 aromatic rings. The zero-order chi connectivity index (χ0) is 8.39. The molecule has 0 atom stereocenters. The fourth-order valence-corrected chi connectivity index (χ4v) is 1.28. The number of rotatable bonds is 1. The first kappa shape index (κ1) is 7.45. The normalized spacial score (nSPS) is 15.4. The summed E-state index contributed by atoms with van der Waals surface area (Å²) >= 11 is 0. The lowest BCUT2D eigenvalue weighted by Crippen LogP contribution is -2.18. The number of fused-ring (bicyclic) bond motifs is 1. The first-order valence-electron chi connectivity index (χ1n) is 3.79. The van der Waals surface area contributed by atoms with E-state index in [0.717, 1.165) is 24.3 Å². The molecular formula is C7H10N4O. The van der Waals surface area contributed by atoms with E-state index in [1.165, 1.54) is 6.33 Å². The van der Waals surface area contributed by atoms with Gasteiger partial charge in [0.25, 0.3) is 0 Å². The molecule has 0 bridgehead atoms. The molecule has 0 radical (unpaired) electrons. The van der Waals surface area contributed by atoms with Crippen molar-refractivity contribution in [3.63, 3.8) is 0 Å². The number of hydrogen-bond acceptors (Lipinski definition) is 5. The summed E-state index contributed by atoms with van der Waals surface area (Å²) in [4.78, 5) is 8.12. The van der Waals surface area contributed by atoms with Crippen LogP contribution in [0.25, 0.3) is 0 Å². The van der Waals surface area contributed by atoms with E-state index in [1.54, 1.807) is 0 Å². The summed E-state index contributed by atoms with van der Waals surface area (Å²) in [5, 5.41) is 0. The van der Waals surface area contributed by atoms with Crippen molar-refractivity contribution in [1.29, 1.82) is 0 Å². The van der Waals surface area contributed by atoms with Crippen molar-refractivity contribution in [3.05, 3.63) is 17.6 Å². The van der Waals surface area contributed by atoms with Crippen LogP contribution in [0.2, 0.25) is 0 Å². The number of aromatic nitrogens is 2. The van der Waals surface area contributed by atoms with Gasteiger partial charge >= 0.3 is 0 Å². The number of nitrogens with zero attached hydrogens (tertiary/aromatic N) is 2. The predicted octanol–water partition coefficient (Wildman–Crippen LogP) is -0.165. The molecule has 12 heavy (non-hydrogen) atoms.